The Morgan fingerprint density at radius 1 is 1.07 bits per heavy atom. The van der Waals surface area contributed by atoms with Crippen LogP contribution in [0.5, 0.6) is 0 Å². The number of alkyl carbamates (subject to hydrolysis) is 1. The maximum atomic E-state index is 13.8. The van der Waals surface area contributed by atoms with Crippen molar-refractivity contribution in [3.05, 3.63) is 70.7 Å². The van der Waals surface area contributed by atoms with Gasteiger partial charge in [-0.1, -0.05) is 81.8 Å². The van der Waals surface area contributed by atoms with E-state index in [1.807, 2.05) is 50.2 Å². The van der Waals surface area contributed by atoms with Crippen molar-refractivity contribution in [2.45, 2.75) is 71.0 Å². The SMILES string of the molecule is COC(=O)N[C@@H](Cc1cccc(Cl)c1)C(=O)N[C@H](CCCN1C(=O)[C@@](CC(C)C)(c2ccccc2)N=C1N)C(C)C. The van der Waals surface area contributed by atoms with Crippen LogP contribution in [0, 0.1) is 11.8 Å². The summed E-state index contributed by atoms with van der Waals surface area (Å²) in [4.78, 5) is 45.4. The number of carbonyl (C=O) groups excluding carboxylic acids is 3. The molecule has 0 aliphatic carbocycles. The first-order valence-corrected chi connectivity index (χ1v) is 14.5. The Hall–Kier alpha value is -3.59. The first-order valence-electron chi connectivity index (χ1n) is 14.1. The zero-order valence-corrected chi connectivity index (χ0v) is 25.3. The van der Waals surface area contributed by atoms with Gasteiger partial charge < -0.3 is 21.1 Å². The second kappa shape index (κ2) is 14.3. The molecule has 222 valence electrons. The molecule has 0 spiro atoms. The third-order valence-corrected chi connectivity index (χ3v) is 7.52. The number of amides is 3. The van der Waals surface area contributed by atoms with Crippen molar-refractivity contribution >= 4 is 35.5 Å². The van der Waals surface area contributed by atoms with Gasteiger partial charge in [0.1, 0.15) is 6.04 Å². The van der Waals surface area contributed by atoms with Gasteiger partial charge in [0.05, 0.1) is 7.11 Å². The largest absolute Gasteiger partial charge is 0.453 e. The maximum absolute atomic E-state index is 13.8. The zero-order valence-electron chi connectivity index (χ0n) is 24.5. The molecule has 0 aromatic heterocycles. The van der Waals surface area contributed by atoms with E-state index in [1.165, 1.54) is 7.11 Å². The molecule has 0 fully saturated rings. The van der Waals surface area contributed by atoms with Gasteiger partial charge in [-0.2, -0.15) is 0 Å². The van der Waals surface area contributed by atoms with Crippen molar-refractivity contribution in [1.29, 1.82) is 0 Å². The molecule has 0 radical (unpaired) electrons. The van der Waals surface area contributed by atoms with Crippen LogP contribution in [0.25, 0.3) is 0 Å². The van der Waals surface area contributed by atoms with E-state index in [2.05, 4.69) is 24.5 Å². The Labute approximate surface area is 247 Å². The standard InChI is InChI=1S/C31H42ClN5O4/c1-20(2)19-31(23-12-7-6-8-13-23)28(39)37(29(33)36-31)16-10-15-25(21(3)4)34-27(38)26(35-30(40)41-5)18-22-11-9-14-24(32)17-22/h6-9,11-14,17,20-21,25-26H,10,15-16,18-19H2,1-5H3,(H2,33,36)(H,34,38)(H,35,40)/t25-,26+,31-/m1/s1. The Morgan fingerprint density at radius 3 is 2.39 bits per heavy atom. The normalized spacial score (nSPS) is 18.3. The van der Waals surface area contributed by atoms with Gasteiger partial charge in [0.2, 0.25) is 5.91 Å². The molecule has 2 aromatic rings. The van der Waals surface area contributed by atoms with Crippen molar-refractivity contribution < 1.29 is 19.1 Å². The quantitative estimate of drug-likeness (QED) is 0.317. The molecule has 0 unspecified atom stereocenters. The van der Waals surface area contributed by atoms with Crippen LogP contribution in [0.1, 0.15) is 58.1 Å². The molecule has 1 heterocycles. The second-order valence-corrected chi connectivity index (χ2v) is 11.7. The van der Waals surface area contributed by atoms with Crippen molar-refractivity contribution in [2.24, 2.45) is 22.6 Å². The number of nitrogens with zero attached hydrogens (tertiary/aromatic N) is 2. The zero-order chi connectivity index (χ0) is 30.2. The lowest BCUT2D eigenvalue weighted by Crippen LogP contribution is -2.52. The fourth-order valence-electron chi connectivity index (χ4n) is 5.23. The molecule has 2 aromatic carbocycles. The van der Waals surface area contributed by atoms with E-state index in [1.54, 1.807) is 23.1 Å². The van der Waals surface area contributed by atoms with Crippen LogP contribution < -0.4 is 16.4 Å². The van der Waals surface area contributed by atoms with E-state index in [0.29, 0.717) is 30.8 Å². The maximum Gasteiger partial charge on any atom is 0.407 e. The number of nitrogens with two attached hydrogens (primary N) is 1. The van der Waals surface area contributed by atoms with E-state index in [-0.39, 0.29) is 42.1 Å². The summed E-state index contributed by atoms with van der Waals surface area (Å²) in [5, 5.41) is 6.26. The summed E-state index contributed by atoms with van der Waals surface area (Å²) in [6.45, 7) is 8.55. The van der Waals surface area contributed by atoms with Crippen LogP contribution in [0.2, 0.25) is 5.02 Å². The number of guanidine groups is 1. The van der Waals surface area contributed by atoms with Gasteiger partial charge in [-0.3, -0.25) is 14.5 Å². The molecule has 1 aliphatic rings. The minimum atomic E-state index is -1.03. The number of hydrogen-bond donors (Lipinski definition) is 3. The van der Waals surface area contributed by atoms with Gasteiger partial charge in [0.15, 0.2) is 11.5 Å². The number of aliphatic imine (C=N–C) groups is 1. The highest BCUT2D eigenvalue weighted by molar-refractivity contribution is 6.30. The van der Waals surface area contributed by atoms with Gasteiger partial charge in [-0.15, -0.1) is 0 Å². The lowest BCUT2D eigenvalue weighted by molar-refractivity contribution is -0.132. The number of nitrogens with one attached hydrogen (secondary N) is 2. The monoisotopic (exact) mass is 583 g/mol. The average molecular weight is 584 g/mol. The highest BCUT2D eigenvalue weighted by Crippen LogP contribution is 2.38. The molecule has 9 nitrogen and oxygen atoms in total. The summed E-state index contributed by atoms with van der Waals surface area (Å²) in [6.07, 6.45) is 1.31. The Kier molecular flexibility index (Phi) is 11.2. The highest BCUT2D eigenvalue weighted by Gasteiger charge is 2.49. The molecule has 10 heteroatoms. The molecule has 0 saturated heterocycles. The number of hydrogen-bond acceptors (Lipinski definition) is 6. The van der Waals surface area contributed by atoms with Crippen molar-refractivity contribution in [3.63, 3.8) is 0 Å². The number of halogens is 1. The van der Waals surface area contributed by atoms with Crippen LogP contribution in [-0.4, -0.2) is 54.5 Å². The van der Waals surface area contributed by atoms with Crippen LogP contribution in [0.4, 0.5) is 4.79 Å². The molecule has 0 bridgehead atoms. The van der Waals surface area contributed by atoms with E-state index < -0.39 is 17.7 Å². The van der Waals surface area contributed by atoms with Crippen LogP contribution in [-0.2, 0) is 26.3 Å². The first kappa shape index (κ1) is 31.9. The van der Waals surface area contributed by atoms with Gasteiger partial charge >= 0.3 is 6.09 Å². The molecule has 4 N–H and O–H groups in total. The molecule has 0 saturated carbocycles. The third kappa shape index (κ3) is 8.22. The predicted octanol–water partition coefficient (Wildman–Crippen LogP) is 4.63. The van der Waals surface area contributed by atoms with Gasteiger partial charge in [0.25, 0.3) is 5.91 Å². The van der Waals surface area contributed by atoms with E-state index in [4.69, 9.17) is 27.1 Å². The lowest BCUT2D eigenvalue weighted by Gasteiger charge is -2.29. The average Bonchev–Trinajstić information content (AvgIpc) is 3.16. The Balaban J connectivity index is 1.68. The smallest absolute Gasteiger partial charge is 0.407 e. The van der Waals surface area contributed by atoms with Crippen molar-refractivity contribution in [1.82, 2.24) is 15.5 Å². The third-order valence-electron chi connectivity index (χ3n) is 7.29. The molecule has 41 heavy (non-hydrogen) atoms. The summed E-state index contributed by atoms with van der Waals surface area (Å²) in [7, 11) is 1.25. The van der Waals surface area contributed by atoms with E-state index >= 15 is 0 Å². The van der Waals surface area contributed by atoms with Crippen LogP contribution in [0.15, 0.2) is 59.6 Å². The number of carbonyl (C=O) groups is 3. The number of ether oxygens (including phenoxy) is 1. The van der Waals surface area contributed by atoms with Crippen molar-refractivity contribution in [3.8, 4) is 0 Å². The minimum Gasteiger partial charge on any atom is -0.453 e. The summed E-state index contributed by atoms with van der Waals surface area (Å²) in [6, 6.07) is 15.7. The molecular weight excluding hydrogens is 542 g/mol. The number of benzene rings is 2. The summed E-state index contributed by atoms with van der Waals surface area (Å²) < 4.78 is 4.74. The predicted molar refractivity (Wildman–Crippen MR) is 161 cm³/mol. The Bertz CT molecular complexity index is 1240. The second-order valence-electron chi connectivity index (χ2n) is 11.3. The fraction of sp³-hybridized carbons (Fsp3) is 0.484. The minimum absolute atomic E-state index is 0.105. The molecule has 1 aliphatic heterocycles. The van der Waals surface area contributed by atoms with Gasteiger partial charge in [-0.25, -0.2) is 9.79 Å². The lowest BCUT2D eigenvalue weighted by atomic mass is 9.82. The molecule has 3 rings (SSSR count). The summed E-state index contributed by atoms with van der Waals surface area (Å²) in [5.74, 6) is 0.105. The van der Waals surface area contributed by atoms with Crippen molar-refractivity contribution in [2.75, 3.05) is 13.7 Å². The van der Waals surface area contributed by atoms with Gasteiger partial charge in [0, 0.05) is 24.0 Å². The molecule has 3 atom stereocenters. The van der Waals surface area contributed by atoms with Crippen LogP contribution >= 0.6 is 11.6 Å². The topological polar surface area (TPSA) is 126 Å². The fourth-order valence-corrected chi connectivity index (χ4v) is 5.44. The Morgan fingerprint density at radius 2 is 1.78 bits per heavy atom. The van der Waals surface area contributed by atoms with E-state index in [0.717, 1.165) is 11.1 Å². The summed E-state index contributed by atoms with van der Waals surface area (Å²) in [5.41, 5.74) is 6.93. The highest BCUT2D eigenvalue weighted by atomic mass is 35.5. The first-order chi connectivity index (χ1) is 19.5. The molecular formula is C31H42ClN5O4. The number of rotatable bonds is 13. The molecule has 3 amide bonds. The summed E-state index contributed by atoms with van der Waals surface area (Å²) >= 11 is 6.12. The van der Waals surface area contributed by atoms with Gasteiger partial charge in [-0.05, 0) is 54.4 Å². The van der Waals surface area contributed by atoms with Crippen LogP contribution in [0.3, 0.4) is 0 Å². The number of methoxy groups -OCH3 is 1. The van der Waals surface area contributed by atoms with E-state index in [9.17, 15) is 14.4 Å².